The Hall–Kier alpha value is -1.80. The molecule has 0 heterocycles. The van der Waals surface area contributed by atoms with Crippen LogP contribution in [0.1, 0.15) is 49.8 Å². The van der Waals surface area contributed by atoms with Crippen LogP contribution in [-0.2, 0) is 6.61 Å². The maximum absolute atomic E-state index is 5.93. The molecule has 2 aromatic rings. The molecule has 0 saturated heterocycles. The van der Waals surface area contributed by atoms with Crippen molar-refractivity contribution in [2.24, 2.45) is 0 Å². The van der Waals surface area contributed by atoms with Crippen molar-refractivity contribution in [2.75, 3.05) is 7.05 Å². The van der Waals surface area contributed by atoms with E-state index in [1.54, 1.807) is 0 Å². The van der Waals surface area contributed by atoms with E-state index >= 15 is 0 Å². The largest absolute Gasteiger partial charge is 0.489 e. The average molecular weight is 297 g/mol. The van der Waals surface area contributed by atoms with Crippen LogP contribution in [0.5, 0.6) is 5.75 Å². The molecule has 0 aliphatic heterocycles. The van der Waals surface area contributed by atoms with E-state index in [4.69, 9.17) is 4.74 Å². The normalized spacial score (nSPS) is 12.1. The van der Waals surface area contributed by atoms with Crippen molar-refractivity contribution in [2.45, 2.75) is 45.3 Å². The molecule has 0 aliphatic carbocycles. The van der Waals surface area contributed by atoms with E-state index in [0.29, 0.717) is 12.6 Å². The summed E-state index contributed by atoms with van der Waals surface area (Å²) in [6.07, 6.45) is 4.99. The van der Waals surface area contributed by atoms with Gasteiger partial charge in [-0.1, -0.05) is 68.7 Å². The molecule has 0 bridgehead atoms. The van der Waals surface area contributed by atoms with Crippen LogP contribution in [0.25, 0.3) is 0 Å². The van der Waals surface area contributed by atoms with Crippen LogP contribution in [0, 0.1) is 0 Å². The number of ether oxygens (including phenoxy) is 1. The van der Waals surface area contributed by atoms with E-state index in [-0.39, 0.29) is 0 Å². The molecule has 0 unspecified atom stereocenters. The average Bonchev–Trinajstić information content (AvgIpc) is 2.58. The van der Waals surface area contributed by atoms with Crippen LogP contribution < -0.4 is 10.1 Å². The fourth-order valence-corrected chi connectivity index (χ4v) is 2.64. The molecule has 118 valence electrons. The van der Waals surface area contributed by atoms with Crippen molar-refractivity contribution >= 4 is 0 Å². The Morgan fingerprint density at radius 1 is 1.00 bits per heavy atom. The molecule has 2 rings (SSSR count). The predicted molar refractivity (Wildman–Crippen MR) is 93.2 cm³/mol. The van der Waals surface area contributed by atoms with Gasteiger partial charge in [-0.3, -0.25) is 0 Å². The number of benzene rings is 2. The first-order valence-electron chi connectivity index (χ1n) is 8.27. The topological polar surface area (TPSA) is 21.3 Å². The first-order chi connectivity index (χ1) is 10.8. The lowest BCUT2D eigenvalue weighted by atomic mass is 10.0. The number of hydrogen-bond donors (Lipinski definition) is 1. The van der Waals surface area contributed by atoms with Gasteiger partial charge in [-0.2, -0.15) is 0 Å². The first kappa shape index (κ1) is 16.6. The van der Waals surface area contributed by atoms with Crippen molar-refractivity contribution in [3.63, 3.8) is 0 Å². The third kappa shape index (κ3) is 5.19. The lowest BCUT2D eigenvalue weighted by Gasteiger charge is -2.17. The first-order valence-corrected chi connectivity index (χ1v) is 8.27. The Morgan fingerprint density at radius 2 is 1.82 bits per heavy atom. The SMILES string of the molecule is CCCCC[C@H](NC)c1cccc(OCc2ccccc2)c1. The van der Waals surface area contributed by atoms with Gasteiger partial charge in [0.1, 0.15) is 12.4 Å². The minimum atomic E-state index is 0.409. The Bertz CT molecular complexity index is 538. The van der Waals surface area contributed by atoms with Crippen LogP contribution >= 0.6 is 0 Å². The van der Waals surface area contributed by atoms with Crippen molar-refractivity contribution in [1.82, 2.24) is 5.32 Å². The third-order valence-electron chi connectivity index (χ3n) is 3.95. The summed E-state index contributed by atoms with van der Waals surface area (Å²) in [5, 5.41) is 3.42. The Morgan fingerprint density at radius 3 is 2.55 bits per heavy atom. The zero-order valence-electron chi connectivity index (χ0n) is 13.7. The van der Waals surface area contributed by atoms with Gasteiger partial charge in [-0.05, 0) is 36.7 Å². The van der Waals surface area contributed by atoms with Crippen LogP contribution in [-0.4, -0.2) is 7.05 Å². The van der Waals surface area contributed by atoms with E-state index < -0.39 is 0 Å². The monoisotopic (exact) mass is 297 g/mol. The molecule has 0 spiro atoms. The standard InChI is InChI=1S/C20H27NO/c1-3-4-6-14-20(21-2)18-12-9-13-19(15-18)22-16-17-10-7-5-8-11-17/h5,7-13,15,20-21H,3-4,6,14,16H2,1-2H3/t20-/m0/s1. The molecule has 1 N–H and O–H groups in total. The fourth-order valence-electron chi connectivity index (χ4n) is 2.64. The van der Waals surface area contributed by atoms with E-state index in [9.17, 15) is 0 Å². The van der Waals surface area contributed by atoms with Crippen LogP contribution in [0.3, 0.4) is 0 Å². The molecule has 2 heteroatoms. The molecular weight excluding hydrogens is 270 g/mol. The van der Waals surface area contributed by atoms with E-state index in [2.05, 4.69) is 42.6 Å². The summed E-state index contributed by atoms with van der Waals surface area (Å²) < 4.78 is 5.93. The lowest BCUT2D eigenvalue weighted by Crippen LogP contribution is -2.16. The highest BCUT2D eigenvalue weighted by Gasteiger charge is 2.09. The van der Waals surface area contributed by atoms with Gasteiger partial charge in [0.15, 0.2) is 0 Å². The van der Waals surface area contributed by atoms with E-state index in [1.807, 2.05) is 31.3 Å². The summed E-state index contributed by atoms with van der Waals surface area (Å²) in [4.78, 5) is 0. The Labute approximate surface area is 134 Å². The molecule has 0 aliphatic rings. The number of rotatable bonds is 9. The number of unbranched alkanes of at least 4 members (excludes halogenated alkanes) is 2. The summed E-state index contributed by atoms with van der Waals surface area (Å²) in [6, 6.07) is 19.2. The Kier molecular flexibility index (Phi) is 6.98. The minimum absolute atomic E-state index is 0.409. The maximum Gasteiger partial charge on any atom is 0.120 e. The molecule has 0 aromatic heterocycles. The van der Waals surface area contributed by atoms with Crippen LogP contribution in [0.2, 0.25) is 0 Å². The highest BCUT2D eigenvalue weighted by molar-refractivity contribution is 5.31. The quantitative estimate of drug-likeness (QED) is 0.650. The molecule has 0 radical (unpaired) electrons. The molecular formula is C20H27NO. The smallest absolute Gasteiger partial charge is 0.120 e. The zero-order chi connectivity index (χ0) is 15.6. The van der Waals surface area contributed by atoms with Crippen LogP contribution in [0.4, 0.5) is 0 Å². The second-order valence-corrected chi connectivity index (χ2v) is 5.68. The second kappa shape index (κ2) is 9.26. The highest BCUT2D eigenvalue weighted by atomic mass is 16.5. The van der Waals surface area contributed by atoms with Gasteiger partial charge in [-0.25, -0.2) is 0 Å². The molecule has 2 nitrogen and oxygen atoms in total. The summed E-state index contributed by atoms with van der Waals surface area (Å²) in [6.45, 7) is 2.86. The van der Waals surface area contributed by atoms with Gasteiger partial charge in [0.05, 0.1) is 0 Å². The van der Waals surface area contributed by atoms with Crippen molar-refractivity contribution in [3.8, 4) is 5.75 Å². The van der Waals surface area contributed by atoms with Crippen molar-refractivity contribution < 1.29 is 4.74 Å². The third-order valence-corrected chi connectivity index (χ3v) is 3.95. The molecule has 22 heavy (non-hydrogen) atoms. The van der Waals surface area contributed by atoms with Gasteiger partial charge in [0.2, 0.25) is 0 Å². The van der Waals surface area contributed by atoms with Crippen LogP contribution in [0.15, 0.2) is 54.6 Å². The minimum Gasteiger partial charge on any atom is -0.489 e. The number of nitrogens with one attached hydrogen (secondary N) is 1. The van der Waals surface area contributed by atoms with Gasteiger partial charge in [0, 0.05) is 6.04 Å². The van der Waals surface area contributed by atoms with Crippen molar-refractivity contribution in [1.29, 1.82) is 0 Å². The summed E-state index contributed by atoms with van der Waals surface area (Å²) in [5.41, 5.74) is 2.50. The van der Waals surface area contributed by atoms with Gasteiger partial charge >= 0.3 is 0 Å². The van der Waals surface area contributed by atoms with Gasteiger partial charge in [-0.15, -0.1) is 0 Å². The van der Waals surface area contributed by atoms with Gasteiger partial charge in [0.25, 0.3) is 0 Å². The Balaban J connectivity index is 1.96. The molecule has 0 saturated carbocycles. The maximum atomic E-state index is 5.93. The summed E-state index contributed by atoms with van der Waals surface area (Å²) >= 11 is 0. The molecule has 0 amide bonds. The highest BCUT2D eigenvalue weighted by Crippen LogP contribution is 2.24. The van der Waals surface area contributed by atoms with E-state index in [0.717, 1.165) is 5.75 Å². The number of hydrogen-bond acceptors (Lipinski definition) is 2. The molecule has 1 atom stereocenters. The second-order valence-electron chi connectivity index (χ2n) is 5.68. The fraction of sp³-hybridized carbons (Fsp3) is 0.400. The van der Waals surface area contributed by atoms with Gasteiger partial charge < -0.3 is 10.1 Å². The van der Waals surface area contributed by atoms with E-state index in [1.165, 1.54) is 36.8 Å². The van der Waals surface area contributed by atoms with Crippen molar-refractivity contribution in [3.05, 3.63) is 65.7 Å². The molecule has 0 fully saturated rings. The lowest BCUT2D eigenvalue weighted by molar-refractivity contribution is 0.305. The summed E-state index contributed by atoms with van der Waals surface area (Å²) in [5.74, 6) is 0.942. The zero-order valence-corrected chi connectivity index (χ0v) is 13.7. The molecule has 2 aromatic carbocycles. The summed E-state index contributed by atoms with van der Waals surface area (Å²) in [7, 11) is 2.04. The predicted octanol–water partition coefficient (Wildman–Crippen LogP) is 5.11.